The first-order valence-corrected chi connectivity index (χ1v) is 10.6. The van der Waals surface area contributed by atoms with Gasteiger partial charge in [-0.05, 0) is 50.3 Å². The molecule has 0 spiro atoms. The fourth-order valence-corrected chi connectivity index (χ4v) is 4.19. The lowest BCUT2D eigenvalue weighted by molar-refractivity contribution is -0.145. The first-order chi connectivity index (χ1) is 14.1. The molecule has 1 unspecified atom stereocenters. The predicted octanol–water partition coefficient (Wildman–Crippen LogP) is 2.41. The number of hydrogen-bond acceptors (Lipinski definition) is 4. The smallest absolute Gasteiger partial charge is 0.244 e. The summed E-state index contributed by atoms with van der Waals surface area (Å²) in [6.45, 7) is 4.07. The van der Waals surface area contributed by atoms with Crippen molar-refractivity contribution < 1.29 is 9.59 Å². The highest BCUT2D eigenvalue weighted by molar-refractivity contribution is 5.80. The molecule has 2 aromatic rings. The topological polar surface area (TPSA) is 71.3 Å². The Labute approximate surface area is 171 Å². The zero-order chi connectivity index (χ0) is 20.2. The molecule has 2 amide bonds. The molecular weight excluding hydrogens is 366 g/mol. The van der Waals surface area contributed by atoms with E-state index in [0.717, 1.165) is 49.9 Å². The third kappa shape index (κ3) is 4.66. The van der Waals surface area contributed by atoms with Crippen LogP contribution in [0.1, 0.15) is 43.4 Å². The standard InChI is InChI=1S/C22H29N5O2/c1-17-9-12-26(24-17)16-21(28)25-11-4-8-20(15-25)27(22(29)19-6-2-7-19)14-18-5-3-10-23-13-18/h3,5,9-10,12-13,19-20H,2,4,6-8,11,14-16H2,1H3. The predicted molar refractivity (Wildman–Crippen MR) is 109 cm³/mol. The molecule has 4 rings (SSSR count). The molecule has 2 aromatic heterocycles. The van der Waals surface area contributed by atoms with Crippen molar-refractivity contribution >= 4 is 11.8 Å². The summed E-state index contributed by atoms with van der Waals surface area (Å²) in [5, 5.41) is 4.32. The molecule has 7 nitrogen and oxygen atoms in total. The van der Waals surface area contributed by atoms with Crippen LogP contribution in [0, 0.1) is 12.8 Å². The van der Waals surface area contributed by atoms with Gasteiger partial charge < -0.3 is 9.80 Å². The molecule has 1 atom stereocenters. The summed E-state index contributed by atoms with van der Waals surface area (Å²) in [6.07, 6.45) is 10.4. The van der Waals surface area contributed by atoms with Crippen molar-refractivity contribution in [3.63, 3.8) is 0 Å². The van der Waals surface area contributed by atoms with Crippen LogP contribution in [0.15, 0.2) is 36.8 Å². The molecule has 1 saturated heterocycles. The SMILES string of the molecule is Cc1ccn(CC(=O)N2CCCC(N(Cc3cccnc3)C(=O)C3CCC3)C2)n1. The fraction of sp³-hybridized carbons (Fsp3) is 0.545. The largest absolute Gasteiger partial charge is 0.339 e. The average molecular weight is 396 g/mol. The molecular formula is C22H29N5O2. The summed E-state index contributed by atoms with van der Waals surface area (Å²) in [7, 11) is 0. The summed E-state index contributed by atoms with van der Waals surface area (Å²) in [4.78, 5) is 34.1. The van der Waals surface area contributed by atoms with Gasteiger partial charge in [-0.25, -0.2) is 0 Å². The van der Waals surface area contributed by atoms with Gasteiger partial charge in [0.2, 0.25) is 11.8 Å². The Bertz CT molecular complexity index is 846. The normalized spacial score (nSPS) is 19.6. The second-order valence-corrected chi connectivity index (χ2v) is 8.25. The number of nitrogens with zero attached hydrogens (tertiary/aromatic N) is 5. The summed E-state index contributed by atoms with van der Waals surface area (Å²) >= 11 is 0. The van der Waals surface area contributed by atoms with Gasteiger partial charge in [-0.3, -0.25) is 19.3 Å². The second kappa shape index (κ2) is 8.76. The number of hydrogen-bond donors (Lipinski definition) is 0. The molecule has 1 aliphatic heterocycles. The monoisotopic (exact) mass is 395 g/mol. The van der Waals surface area contributed by atoms with Crippen molar-refractivity contribution in [3.05, 3.63) is 48.0 Å². The number of carbonyl (C=O) groups is 2. The number of carbonyl (C=O) groups excluding carboxylic acids is 2. The molecule has 1 saturated carbocycles. The minimum absolute atomic E-state index is 0.0559. The molecule has 7 heteroatoms. The zero-order valence-corrected chi connectivity index (χ0v) is 17.0. The van der Waals surface area contributed by atoms with E-state index in [0.29, 0.717) is 13.1 Å². The number of aryl methyl sites for hydroxylation is 1. The Kier molecular flexibility index (Phi) is 5.92. The summed E-state index contributed by atoms with van der Waals surface area (Å²) in [6, 6.07) is 5.88. The van der Waals surface area contributed by atoms with Gasteiger partial charge in [-0.15, -0.1) is 0 Å². The van der Waals surface area contributed by atoms with E-state index in [1.54, 1.807) is 10.9 Å². The second-order valence-electron chi connectivity index (χ2n) is 8.25. The number of rotatable bonds is 6. The molecule has 1 aliphatic carbocycles. The fourth-order valence-electron chi connectivity index (χ4n) is 4.19. The van der Waals surface area contributed by atoms with Crippen LogP contribution >= 0.6 is 0 Å². The highest BCUT2D eigenvalue weighted by Crippen LogP contribution is 2.31. The average Bonchev–Trinajstić information content (AvgIpc) is 3.10. The lowest BCUT2D eigenvalue weighted by atomic mass is 9.83. The summed E-state index contributed by atoms with van der Waals surface area (Å²) in [5.41, 5.74) is 1.94. The first kappa shape index (κ1) is 19.6. The van der Waals surface area contributed by atoms with Gasteiger partial charge in [0, 0.05) is 50.2 Å². The maximum absolute atomic E-state index is 13.2. The van der Waals surface area contributed by atoms with Gasteiger partial charge in [-0.1, -0.05) is 12.5 Å². The van der Waals surface area contributed by atoms with Crippen LogP contribution in [0.5, 0.6) is 0 Å². The van der Waals surface area contributed by atoms with Crippen molar-refractivity contribution in [3.8, 4) is 0 Å². The Morgan fingerprint density at radius 3 is 2.72 bits per heavy atom. The van der Waals surface area contributed by atoms with Crippen LogP contribution in [-0.4, -0.2) is 55.5 Å². The summed E-state index contributed by atoms with van der Waals surface area (Å²) in [5.74, 6) is 0.446. The molecule has 3 heterocycles. The Balaban J connectivity index is 1.46. The third-order valence-electron chi connectivity index (χ3n) is 6.07. The van der Waals surface area contributed by atoms with E-state index in [4.69, 9.17) is 0 Å². The maximum atomic E-state index is 13.2. The number of amides is 2. The number of piperidine rings is 1. The van der Waals surface area contributed by atoms with Crippen LogP contribution in [-0.2, 0) is 22.7 Å². The van der Waals surface area contributed by atoms with Crippen LogP contribution in [0.4, 0.5) is 0 Å². The zero-order valence-electron chi connectivity index (χ0n) is 17.0. The van der Waals surface area contributed by atoms with Crippen molar-refractivity contribution in [2.75, 3.05) is 13.1 Å². The molecule has 154 valence electrons. The summed E-state index contributed by atoms with van der Waals surface area (Å²) < 4.78 is 1.69. The first-order valence-electron chi connectivity index (χ1n) is 10.6. The highest BCUT2D eigenvalue weighted by Gasteiger charge is 2.35. The van der Waals surface area contributed by atoms with E-state index in [-0.39, 0.29) is 30.3 Å². The molecule has 0 radical (unpaired) electrons. The van der Waals surface area contributed by atoms with Gasteiger partial charge in [0.15, 0.2) is 0 Å². The molecule has 0 aromatic carbocycles. The minimum atomic E-state index is 0.0559. The van der Waals surface area contributed by atoms with Gasteiger partial charge in [0.05, 0.1) is 5.69 Å². The third-order valence-corrected chi connectivity index (χ3v) is 6.07. The lowest BCUT2D eigenvalue weighted by Crippen LogP contribution is -2.53. The Morgan fingerprint density at radius 1 is 1.21 bits per heavy atom. The number of likely N-dealkylation sites (tertiary alicyclic amines) is 1. The van der Waals surface area contributed by atoms with Gasteiger partial charge in [0.25, 0.3) is 0 Å². The van der Waals surface area contributed by atoms with Crippen molar-refractivity contribution in [1.82, 2.24) is 24.6 Å². The van der Waals surface area contributed by atoms with E-state index in [1.807, 2.05) is 47.3 Å². The van der Waals surface area contributed by atoms with Crippen LogP contribution in [0.2, 0.25) is 0 Å². The molecule has 2 aliphatic rings. The number of pyridine rings is 1. The number of aromatic nitrogens is 3. The molecule has 2 fully saturated rings. The van der Waals surface area contributed by atoms with Crippen molar-refractivity contribution in [1.29, 1.82) is 0 Å². The maximum Gasteiger partial charge on any atom is 0.244 e. The molecule has 0 N–H and O–H groups in total. The van der Waals surface area contributed by atoms with Crippen molar-refractivity contribution in [2.45, 2.75) is 58.2 Å². The minimum Gasteiger partial charge on any atom is -0.339 e. The van der Waals surface area contributed by atoms with E-state index >= 15 is 0 Å². The quantitative estimate of drug-likeness (QED) is 0.753. The lowest BCUT2D eigenvalue weighted by Gasteiger charge is -2.42. The van der Waals surface area contributed by atoms with E-state index < -0.39 is 0 Å². The van der Waals surface area contributed by atoms with Gasteiger partial charge in [-0.2, -0.15) is 5.10 Å². The molecule has 29 heavy (non-hydrogen) atoms. The van der Waals surface area contributed by atoms with Gasteiger partial charge in [0.1, 0.15) is 6.54 Å². The van der Waals surface area contributed by atoms with Crippen LogP contribution in [0.25, 0.3) is 0 Å². The van der Waals surface area contributed by atoms with Crippen LogP contribution in [0.3, 0.4) is 0 Å². The van der Waals surface area contributed by atoms with Gasteiger partial charge >= 0.3 is 0 Å². The van der Waals surface area contributed by atoms with E-state index in [9.17, 15) is 9.59 Å². The van der Waals surface area contributed by atoms with E-state index in [1.165, 1.54) is 0 Å². The van der Waals surface area contributed by atoms with Crippen molar-refractivity contribution in [2.24, 2.45) is 5.92 Å². The van der Waals surface area contributed by atoms with Crippen LogP contribution < -0.4 is 0 Å². The van der Waals surface area contributed by atoms with E-state index in [2.05, 4.69) is 10.1 Å². The molecule has 0 bridgehead atoms. The Morgan fingerprint density at radius 2 is 2.07 bits per heavy atom. The highest BCUT2D eigenvalue weighted by atomic mass is 16.2. The Hall–Kier alpha value is -2.70.